The van der Waals surface area contributed by atoms with Gasteiger partial charge in [-0.15, -0.1) is 0 Å². The second-order valence-corrected chi connectivity index (χ2v) is 5.72. The molecule has 0 bridgehead atoms. The summed E-state index contributed by atoms with van der Waals surface area (Å²) in [6.07, 6.45) is 2.96. The first kappa shape index (κ1) is 16.7. The van der Waals surface area contributed by atoms with Crippen molar-refractivity contribution in [3.8, 4) is 0 Å². The Hall–Kier alpha value is -1.63. The number of aliphatic imine (C=N–C) groups is 1. The Bertz CT molecular complexity index is 629. The summed E-state index contributed by atoms with van der Waals surface area (Å²) in [5, 5.41) is 0. The molecule has 1 aliphatic rings. The molecule has 4 nitrogen and oxygen atoms in total. The Kier molecular flexibility index (Phi) is 5.39. The molecule has 1 saturated carbocycles. The predicted octanol–water partition coefficient (Wildman–Crippen LogP) is 3.32. The van der Waals surface area contributed by atoms with Crippen LogP contribution in [0.15, 0.2) is 21.6 Å². The third-order valence-electron chi connectivity index (χ3n) is 3.09. The van der Waals surface area contributed by atoms with Crippen molar-refractivity contribution in [2.24, 2.45) is 10.9 Å². The Labute approximate surface area is 134 Å². The number of rotatable bonds is 6. The van der Waals surface area contributed by atoms with E-state index < -0.39 is 34.9 Å². The molecule has 0 amide bonds. The highest BCUT2D eigenvalue weighted by Crippen LogP contribution is 2.25. The van der Waals surface area contributed by atoms with Gasteiger partial charge in [0.15, 0.2) is 11.7 Å². The smallest absolute Gasteiger partial charge is 0.322 e. The predicted molar refractivity (Wildman–Crippen MR) is 80.0 cm³/mol. The number of Topliss-reactive ketones (excluding diaryl/α,β-unsaturated/α-hetero) is 1. The first-order valence-corrected chi connectivity index (χ1v) is 7.62. The summed E-state index contributed by atoms with van der Waals surface area (Å²) in [7, 11) is 0. The van der Waals surface area contributed by atoms with Gasteiger partial charge < -0.3 is 4.74 Å². The van der Waals surface area contributed by atoms with Crippen LogP contribution in [0.25, 0.3) is 0 Å². The van der Waals surface area contributed by atoms with Gasteiger partial charge in [0.25, 0.3) is 0 Å². The van der Waals surface area contributed by atoms with E-state index in [-0.39, 0.29) is 17.1 Å². The number of carbonyl (C=O) groups is 2. The first-order valence-electron chi connectivity index (χ1n) is 6.82. The van der Waals surface area contributed by atoms with E-state index in [4.69, 9.17) is 4.74 Å². The Morgan fingerprint density at radius 1 is 1.41 bits per heavy atom. The van der Waals surface area contributed by atoms with Crippen molar-refractivity contribution in [3.05, 3.63) is 33.8 Å². The number of hydrogen-bond acceptors (Lipinski definition) is 4. The summed E-state index contributed by atoms with van der Waals surface area (Å²) in [5.74, 6) is -4.75. The second-order valence-electron chi connectivity index (χ2n) is 4.87. The van der Waals surface area contributed by atoms with E-state index in [2.05, 4.69) is 20.9 Å². The van der Waals surface area contributed by atoms with Crippen molar-refractivity contribution in [2.45, 2.75) is 25.8 Å². The van der Waals surface area contributed by atoms with Gasteiger partial charge >= 0.3 is 5.97 Å². The molecule has 0 heterocycles. The SMILES string of the molecule is CCOC(=O)C(C=NC1CC1)C(=O)c1cc(F)c(Br)cc1F. The summed E-state index contributed by atoms with van der Waals surface area (Å²) in [6.45, 7) is 1.68. The summed E-state index contributed by atoms with van der Waals surface area (Å²) >= 11 is 2.83. The van der Waals surface area contributed by atoms with Gasteiger partial charge in [0.2, 0.25) is 0 Å². The molecule has 0 saturated heterocycles. The van der Waals surface area contributed by atoms with Crippen LogP contribution in [-0.2, 0) is 9.53 Å². The minimum atomic E-state index is -1.37. The van der Waals surface area contributed by atoms with Crippen LogP contribution in [0, 0.1) is 17.6 Å². The van der Waals surface area contributed by atoms with Crippen LogP contribution in [0.3, 0.4) is 0 Å². The molecule has 1 aromatic carbocycles. The molecule has 0 aromatic heterocycles. The van der Waals surface area contributed by atoms with E-state index in [0.29, 0.717) is 0 Å². The summed E-state index contributed by atoms with van der Waals surface area (Å²) in [5.41, 5.74) is -0.499. The molecular weight excluding hydrogens is 360 g/mol. The van der Waals surface area contributed by atoms with Gasteiger partial charge in [0, 0.05) is 12.3 Å². The van der Waals surface area contributed by atoms with Gasteiger partial charge in [0.1, 0.15) is 11.6 Å². The number of esters is 1. The number of benzene rings is 1. The monoisotopic (exact) mass is 373 g/mol. The van der Waals surface area contributed by atoms with Crippen molar-refractivity contribution < 1.29 is 23.1 Å². The minimum absolute atomic E-state index is 0.0804. The van der Waals surface area contributed by atoms with Crippen molar-refractivity contribution in [1.82, 2.24) is 0 Å². The maximum atomic E-state index is 13.9. The van der Waals surface area contributed by atoms with Crippen LogP contribution >= 0.6 is 15.9 Å². The van der Waals surface area contributed by atoms with Gasteiger partial charge in [0.05, 0.1) is 16.6 Å². The van der Waals surface area contributed by atoms with Gasteiger partial charge in [-0.3, -0.25) is 14.6 Å². The van der Waals surface area contributed by atoms with Crippen LogP contribution in [0.1, 0.15) is 30.1 Å². The molecule has 0 radical (unpaired) electrons. The largest absolute Gasteiger partial charge is 0.465 e. The molecule has 22 heavy (non-hydrogen) atoms. The normalized spacial score (nSPS) is 15.8. The molecule has 0 spiro atoms. The molecular formula is C15H14BrF2NO3. The third kappa shape index (κ3) is 3.97. The standard InChI is InChI=1S/C15H14BrF2NO3/c1-2-22-15(21)10(7-19-8-3-4-8)14(20)9-5-13(18)11(16)6-12(9)17/h5-8,10H,2-4H2,1H3. The summed E-state index contributed by atoms with van der Waals surface area (Å²) < 4.78 is 32.1. The fourth-order valence-electron chi connectivity index (χ4n) is 1.78. The fraction of sp³-hybridized carbons (Fsp3) is 0.400. The average molecular weight is 374 g/mol. The van der Waals surface area contributed by atoms with E-state index in [1.165, 1.54) is 6.21 Å². The Morgan fingerprint density at radius 2 is 2.09 bits per heavy atom. The van der Waals surface area contributed by atoms with Crippen molar-refractivity contribution in [3.63, 3.8) is 0 Å². The lowest BCUT2D eigenvalue weighted by atomic mass is 9.98. The molecule has 1 fully saturated rings. The number of hydrogen-bond donors (Lipinski definition) is 0. The maximum Gasteiger partial charge on any atom is 0.322 e. The van der Waals surface area contributed by atoms with E-state index >= 15 is 0 Å². The van der Waals surface area contributed by atoms with Crippen molar-refractivity contribution in [2.75, 3.05) is 6.61 Å². The molecule has 0 aliphatic heterocycles. The van der Waals surface area contributed by atoms with Crippen molar-refractivity contribution in [1.29, 1.82) is 0 Å². The van der Waals surface area contributed by atoms with E-state index in [9.17, 15) is 18.4 Å². The van der Waals surface area contributed by atoms with Crippen LogP contribution in [-0.4, -0.2) is 30.6 Å². The van der Waals surface area contributed by atoms with Crippen LogP contribution in [0.4, 0.5) is 8.78 Å². The molecule has 1 unspecified atom stereocenters. The average Bonchev–Trinajstić information content (AvgIpc) is 3.27. The van der Waals surface area contributed by atoms with Gasteiger partial charge in [-0.05, 0) is 47.8 Å². The van der Waals surface area contributed by atoms with E-state index in [1.54, 1.807) is 6.92 Å². The maximum absolute atomic E-state index is 13.9. The topological polar surface area (TPSA) is 55.7 Å². The number of halogens is 3. The lowest BCUT2D eigenvalue weighted by molar-refractivity contribution is -0.143. The van der Waals surface area contributed by atoms with Gasteiger partial charge in [-0.25, -0.2) is 8.78 Å². The van der Waals surface area contributed by atoms with Gasteiger partial charge in [-0.1, -0.05) is 0 Å². The van der Waals surface area contributed by atoms with Crippen LogP contribution in [0.5, 0.6) is 0 Å². The highest BCUT2D eigenvalue weighted by molar-refractivity contribution is 9.10. The molecule has 1 aromatic rings. The molecule has 1 atom stereocenters. The number of ketones is 1. The highest BCUT2D eigenvalue weighted by atomic mass is 79.9. The zero-order valence-electron chi connectivity index (χ0n) is 11.8. The van der Waals surface area contributed by atoms with Crippen LogP contribution in [0.2, 0.25) is 0 Å². The quantitative estimate of drug-likeness (QED) is 0.252. The number of carbonyl (C=O) groups excluding carboxylic acids is 2. The molecule has 118 valence electrons. The minimum Gasteiger partial charge on any atom is -0.465 e. The lowest BCUT2D eigenvalue weighted by Gasteiger charge is -2.11. The summed E-state index contributed by atoms with van der Waals surface area (Å²) in [6, 6.07) is 1.71. The summed E-state index contributed by atoms with van der Waals surface area (Å²) in [4.78, 5) is 28.3. The highest BCUT2D eigenvalue weighted by Gasteiger charge is 2.31. The first-order chi connectivity index (χ1) is 10.4. The van der Waals surface area contributed by atoms with Crippen molar-refractivity contribution >= 4 is 33.9 Å². The van der Waals surface area contributed by atoms with Crippen LogP contribution < -0.4 is 0 Å². The molecule has 7 heteroatoms. The second kappa shape index (κ2) is 7.09. The third-order valence-corrected chi connectivity index (χ3v) is 3.70. The fourth-order valence-corrected chi connectivity index (χ4v) is 2.09. The zero-order valence-corrected chi connectivity index (χ0v) is 13.4. The zero-order chi connectivity index (χ0) is 16.3. The number of nitrogens with zero attached hydrogens (tertiary/aromatic N) is 1. The lowest BCUT2D eigenvalue weighted by Crippen LogP contribution is -2.28. The molecule has 2 rings (SSSR count). The Balaban J connectivity index is 2.31. The van der Waals surface area contributed by atoms with Gasteiger partial charge in [-0.2, -0.15) is 0 Å². The molecule has 1 aliphatic carbocycles. The molecule has 0 N–H and O–H groups in total. The van der Waals surface area contributed by atoms with E-state index in [0.717, 1.165) is 25.0 Å². The van der Waals surface area contributed by atoms with E-state index in [1.807, 2.05) is 0 Å². The Morgan fingerprint density at radius 3 is 2.68 bits per heavy atom. The number of ether oxygens (including phenoxy) is 1.